The quantitative estimate of drug-likeness (QED) is 0.806. The molecule has 0 atom stereocenters. The van der Waals surface area contributed by atoms with Crippen LogP contribution in [0.15, 0.2) is 51.2 Å². The van der Waals surface area contributed by atoms with Gasteiger partial charge in [0.05, 0.1) is 24.1 Å². The average molecular weight is 372 g/mol. The summed E-state index contributed by atoms with van der Waals surface area (Å²) in [6.07, 6.45) is 0. The highest BCUT2D eigenvalue weighted by Gasteiger charge is 2.12. The number of para-hydroxylation sites is 2. The van der Waals surface area contributed by atoms with Gasteiger partial charge in [0.25, 0.3) is 0 Å². The van der Waals surface area contributed by atoms with Crippen LogP contribution in [0.1, 0.15) is 0 Å². The third-order valence-corrected chi connectivity index (χ3v) is 3.09. The maximum Gasteiger partial charge on any atom is 0.329 e. The van der Waals surface area contributed by atoms with Gasteiger partial charge in [0, 0.05) is 8.96 Å². The van der Waals surface area contributed by atoms with E-state index in [1.165, 1.54) is 0 Å². The number of halogens is 2. The van der Waals surface area contributed by atoms with Gasteiger partial charge in [0.2, 0.25) is 0 Å². The molecular formula is C13H12Br2N2O. The lowest BCUT2D eigenvalue weighted by Crippen LogP contribution is -2.24. The fourth-order valence-electron chi connectivity index (χ4n) is 1.92. The van der Waals surface area contributed by atoms with Gasteiger partial charge in [0.15, 0.2) is 0 Å². The van der Waals surface area contributed by atoms with Gasteiger partial charge in [-0.15, -0.1) is 0 Å². The number of hydrogen-bond acceptors (Lipinski definition) is 1. The molecule has 0 radical (unpaired) electrons. The molecule has 0 spiro atoms. The summed E-state index contributed by atoms with van der Waals surface area (Å²) in [5, 5.41) is 0. The standard InChI is InChI=1S/C13H12Br2N2O/c1-9(14)7-16-11-5-3-4-6-12(11)17(13(16)18)8-10(2)15/h3-6H,1-2,7-8H2. The monoisotopic (exact) mass is 370 g/mol. The summed E-state index contributed by atoms with van der Waals surface area (Å²) >= 11 is 6.60. The fourth-order valence-corrected chi connectivity index (χ4v) is 2.42. The van der Waals surface area contributed by atoms with Crippen LogP contribution in [0.3, 0.4) is 0 Å². The van der Waals surface area contributed by atoms with E-state index in [1.54, 1.807) is 9.13 Å². The molecule has 0 aliphatic carbocycles. The molecule has 1 aromatic heterocycles. The van der Waals surface area contributed by atoms with Crippen LogP contribution in [-0.2, 0) is 13.1 Å². The minimum Gasteiger partial charge on any atom is -0.287 e. The predicted octanol–water partition coefficient (Wildman–Crippen LogP) is 3.62. The number of nitrogens with zero attached hydrogens (tertiary/aromatic N) is 2. The van der Waals surface area contributed by atoms with Crippen LogP contribution < -0.4 is 5.69 Å². The van der Waals surface area contributed by atoms with Gasteiger partial charge in [-0.05, 0) is 12.1 Å². The first-order valence-corrected chi connectivity index (χ1v) is 6.94. The second kappa shape index (κ2) is 5.28. The predicted molar refractivity (Wildman–Crippen MR) is 82.3 cm³/mol. The van der Waals surface area contributed by atoms with Gasteiger partial charge < -0.3 is 0 Å². The Bertz CT molecular complexity index is 626. The maximum atomic E-state index is 12.4. The molecule has 0 aliphatic rings. The molecule has 0 fully saturated rings. The van der Waals surface area contributed by atoms with Crippen LogP contribution in [0.2, 0.25) is 0 Å². The summed E-state index contributed by atoms with van der Waals surface area (Å²) < 4.78 is 4.93. The van der Waals surface area contributed by atoms with Gasteiger partial charge in [-0.3, -0.25) is 9.13 Å². The zero-order valence-corrected chi connectivity index (χ0v) is 12.9. The Morgan fingerprint density at radius 3 is 1.72 bits per heavy atom. The van der Waals surface area contributed by atoms with E-state index in [-0.39, 0.29) is 5.69 Å². The molecule has 2 aromatic rings. The Morgan fingerprint density at radius 1 is 1.00 bits per heavy atom. The lowest BCUT2D eigenvalue weighted by molar-refractivity contribution is 0.714. The zero-order chi connectivity index (χ0) is 13.3. The number of hydrogen-bond donors (Lipinski definition) is 0. The van der Waals surface area contributed by atoms with Gasteiger partial charge in [0.1, 0.15) is 0 Å². The van der Waals surface area contributed by atoms with E-state index >= 15 is 0 Å². The Balaban J connectivity index is 2.71. The van der Waals surface area contributed by atoms with Crippen molar-refractivity contribution in [1.29, 1.82) is 0 Å². The normalized spacial score (nSPS) is 10.8. The molecule has 3 nitrogen and oxygen atoms in total. The Hall–Kier alpha value is -1.07. The number of benzene rings is 1. The third kappa shape index (κ3) is 2.52. The van der Waals surface area contributed by atoms with E-state index in [0.717, 1.165) is 20.0 Å². The van der Waals surface area contributed by atoms with Crippen LogP contribution in [0.5, 0.6) is 0 Å². The number of aromatic nitrogens is 2. The number of fused-ring (bicyclic) bond motifs is 1. The van der Waals surface area contributed by atoms with Crippen molar-refractivity contribution in [3.63, 3.8) is 0 Å². The van der Waals surface area contributed by atoms with E-state index in [4.69, 9.17) is 0 Å². The van der Waals surface area contributed by atoms with Gasteiger partial charge in [-0.1, -0.05) is 57.2 Å². The summed E-state index contributed by atoms with van der Waals surface area (Å²) in [7, 11) is 0. The molecule has 0 aliphatic heterocycles. The van der Waals surface area contributed by atoms with Crippen molar-refractivity contribution in [2.75, 3.05) is 0 Å². The Labute approximate surface area is 122 Å². The molecule has 1 heterocycles. The van der Waals surface area contributed by atoms with Crippen molar-refractivity contribution in [1.82, 2.24) is 9.13 Å². The molecule has 5 heteroatoms. The highest BCUT2D eigenvalue weighted by Crippen LogP contribution is 2.17. The van der Waals surface area contributed by atoms with Crippen LogP contribution in [0, 0.1) is 0 Å². The summed E-state index contributed by atoms with van der Waals surface area (Å²) in [6.45, 7) is 8.50. The van der Waals surface area contributed by atoms with Gasteiger partial charge in [-0.25, -0.2) is 4.79 Å². The largest absolute Gasteiger partial charge is 0.329 e. The first kappa shape index (κ1) is 13.4. The van der Waals surface area contributed by atoms with Crippen molar-refractivity contribution < 1.29 is 0 Å². The summed E-state index contributed by atoms with van der Waals surface area (Å²) in [5.74, 6) is 0. The number of imidazole rings is 1. The van der Waals surface area contributed by atoms with Crippen molar-refractivity contribution in [3.05, 3.63) is 56.9 Å². The lowest BCUT2D eigenvalue weighted by atomic mass is 10.3. The number of allylic oxidation sites excluding steroid dienone is 2. The molecule has 0 saturated carbocycles. The van der Waals surface area contributed by atoms with E-state index < -0.39 is 0 Å². The molecule has 0 unspecified atom stereocenters. The van der Waals surface area contributed by atoms with E-state index in [0.29, 0.717) is 13.1 Å². The first-order chi connectivity index (χ1) is 8.50. The number of rotatable bonds is 4. The van der Waals surface area contributed by atoms with Crippen LogP contribution in [-0.4, -0.2) is 9.13 Å². The second-order valence-electron chi connectivity index (χ2n) is 3.98. The summed E-state index contributed by atoms with van der Waals surface area (Å²) in [5.41, 5.74) is 1.74. The lowest BCUT2D eigenvalue weighted by Gasteiger charge is -2.00. The maximum absolute atomic E-state index is 12.4. The third-order valence-electron chi connectivity index (χ3n) is 2.58. The molecule has 2 rings (SSSR count). The summed E-state index contributed by atoms with van der Waals surface area (Å²) in [4.78, 5) is 12.4. The van der Waals surface area contributed by atoms with Crippen LogP contribution in [0.25, 0.3) is 11.0 Å². The Kier molecular flexibility index (Phi) is 3.92. The van der Waals surface area contributed by atoms with E-state index in [9.17, 15) is 4.79 Å². The molecule has 0 saturated heterocycles. The summed E-state index contributed by atoms with van der Waals surface area (Å²) in [6, 6.07) is 7.70. The van der Waals surface area contributed by atoms with Crippen molar-refractivity contribution in [2.45, 2.75) is 13.1 Å². The first-order valence-electron chi connectivity index (χ1n) is 5.35. The molecule has 0 amide bonds. The molecule has 1 aromatic carbocycles. The van der Waals surface area contributed by atoms with E-state index in [1.807, 2.05) is 24.3 Å². The van der Waals surface area contributed by atoms with Crippen LogP contribution in [0.4, 0.5) is 0 Å². The minimum atomic E-state index is -0.0580. The van der Waals surface area contributed by atoms with Crippen molar-refractivity contribution in [2.24, 2.45) is 0 Å². The van der Waals surface area contributed by atoms with Crippen molar-refractivity contribution in [3.8, 4) is 0 Å². The highest BCUT2D eigenvalue weighted by molar-refractivity contribution is 9.12. The van der Waals surface area contributed by atoms with Gasteiger partial charge in [-0.2, -0.15) is 0 Å². The van der Waals surface area contributed by atoms with E-state index in [2.05, 4.69) is 45.0 Å². The molecule has 18 heavy (non-hydrogen) atoms. The van der Waals surface area contributed by atoms with Gasteiger partial charge >= 0.3 is 5.69 Å². The average Bonchev–Trinajstić information content (AvgIpc) is 2.54. The SMILES string of the molecule is C=C(Br)Cn1c(=O)n(CC(=C)Br)c2ccccc21. The minimum absolute atomic E-state index is 0.0580. The second-order valence-corrected chi connectivity index (χ2v) is 6.22. The van der Waals surface area contributed by atoms with Crippen molar-refractivity contribution >= 4 is 42.9 Å². The topological polar surface area (TPSA) is 26.9 Å². The zero-order valence-electron chi connectivity index (χ0n) is 9.70. The Morgan fingerprint density at radius 2 is 1.39 bits per heavy atom. The molecule has 94 valence electrons. The smallest absolute Gasteiger partial charge is 0.287 e. The molecule has 0 N–H and O–H groups in total. The fraction of sp³-hybridized carbons (Fsp3) is 0.154. The molecular weight excluding hydrogens is 360 g/mol. The molecule has 0 bridgehead atoms. The van der Waals surface area contributed by atoms with Crippen LogP contribution >= 0.6 is 31.9 Å². The highest BCUT2D eigenvalue weighted by atomic mass is 79.9.